The Bertz CT molecular complexity index is 1160. The predicted molar refractivity (Wildman–Crippen MR) is 114 cm³/mol. The van der Waals surface area contributed by atoms with Crippen LogP contribution in [0, 0.1) is 5.82 Å². The first-order chi connectivity index (χ1) is 16.5. The van der Waals surface area contributed by atoms with Crippen LogP contribution in [-0.2, 0) is 15.0 Å². The van der Waals surface area contributed by atoms with Crippen molar-refractivity contribution in [3.63, 3.8) is 0 Å². The second kappa shape index (κ2) is 9.97. The van der Waals surface area contributed by atoms with E-state index in [1.807, 2.05) is 0 Å². The highest BCUT2D eigenvalue weighted by Gasteiger charge is 2.62. The van der Waals surface area contributed by atoms with Gasteiger partial charge in [-0.1, -0.05) is 0 Å². The fourth-order valence-corrected chi connectivity index (χ4v) is 3.55. The van der Waals surface area contributed by atoms with E-state index in [9.17, 15) is 26.7 Å². The number of nitrogens with one attached hydrogen (secondary N) is 1. The van der Waals surface area contributed by atoms with Gasteiger partial charge in [-0.2, -0.15) is 8.78 Å². The van der Waals surface area contributed by atoms with Crippen LogP contribution in [0.5, 0.6) is 5.88 Å². The molecular formula is C20H18ClF6N5O4. The van der Waals surface area contributed by atoms with Gasteiger partial charge in [0.25, 0.3) is 11.9 Å². The highest BCUT2D eigenvalue weighted by molar-refractivity contribution is 6.02. The average molecular weight is 542 g/mol. The molecule has 1 aromatic carbocycles. The molecule has 0 spiro atoms. The average Bonchev–Trinajstić information content (AvgIpc) is 3.16. The Morgan fingerprint density at radius 1 is 1.22 bits per heavy atom. The van der Waals surface area contributed by atoms with Gasteiger partial charge in [-0.05, 0) is 18.2 Å². The minimum atomic E-state index is -4.39. The summed E-state index contributed by atoms with van der Waals surface area (Å²) in [5.41, 5.74) is 1.06. The van der Waals surface area contributed by atoms with Crippen LogP contribution < -0.4 is 15.8 Å². The minimum absolute atomic E-state index is 0. The number of rotatable bonds is 7. The van der Waals surface area contributed by atoms with Gasteiger partial charge in [-0.3, -0.25) is 4.79 Å². The number of nitrogens with zero attached hydrogens (tertiary/aromatic N) is 3. The summed E-state index contributed by atoms with van der Waals surface area (Å²) in [6.07, 6.45) is -2.28. The zero-order valence-corrected chi connectivity index (χ0v) is 18.8. The van der Waals surface area contributed by atoms with Gasteiger partial charge in [0.15, 0.2) is 17.8 Å². The van der Waals surface area contributed by atoms with Gasteiger partial charge in [-0.15, -0.1) is 12.4 Å². The van der Waals surface area contributed by atoms with Crippen LogP contribution in [0.4, 0.5) is 32.0 Å². The Morgan fingerprint density at radius 3 is 2.64 bits per heavy atom. The number of benzene rings is 1. The molecule has 2 unspecified atom stereocenters. The van der Waals surface area contributed by atoms with E-state index in [0.717, 1.165) is 24.5 Å². The van der Waals surface area contributed by atoms with E-state index >= 15 is 4.39 Å². The predicted octanol–water partition coefficient (Wildman–Crippen LogP) is 2.85. The number of alkyl halides is 5. The van der Waals surface area contributed by atoms with Crippen molar-refractivity contribution in [3.8, 4) is 5.88 Å². The maximum absolute atomic E-state index is 15.5. The summed E-state index contributed by atoms with van der Waals surface area (Å²) in [5, 5.41) is 2.41. The fraction of sp³-hybridized carbons (Fsp3) is 0.400. The van der Waals surface area contributed by atoms with Crippen molar-refractivity contribution in [2.75, 3.05) is 31.7 Å². The van der Waals surface area contributed by atoms with E-state index in [1.54, 1.807) is 0 Å². The van der Waals surface area contributed by atoms with Gasteiger partial charge >= 0.3 is 12.3 Å². The number of carbonyl (C=O) groups excluding carboxylic acids is 1. The lowest BCUT2D eigenvalue weighted by Gasteiger charge is -2.38. The highest BCUT2D eigenvalue weighted by Crippen LogP contribution is 2.48. The first-order valence-electron chi connectivity index (χ1n) is 9.93. The topological polar surface area (TPSA) is 121 Å². The molecular weight excluding hydrogens is 524 g/mol. The molecule has 3 N–H and O–H groups in total. The largest absolute Gasteiger partial charge is 0.470 e. The van der Waals surface area contributed by atoms with Crippen molar-refractivity contribution in [2.24, 2.45) is 10.7 Å². The minimum Gasteiger partial charge on any atom is -0.470 e. The van der Waals surface area contributed by atoms with Gasteiger partial charge in [0.2, 0.25) is 5.88 Å². The van der Waals surface area contributed by atoms with Crippen molar-refractivity contribution in [1.29, 1.82) is 0 Å². The Kier molecular flexibility index (Phi) is 7.55. The Morgan fingerprint density at radius 2 is 1.97 bits per heavy atom. The number of aromatic nitrogens is 2. The lowest BCUT2D eigenvalue weighted by molar-refractivity contribution is -0.148. The van der Waals surface area contributed by atoms with E-state index in [1.165, 1.54) is 6.07 Å². The number of carbonyl (C=O) groups is 1. The maximum Gasteiger partial charge on any atom is 0.340 e. The zero-order valence-electron chi connectivity index (χ0n) is 18.0. The van der Waals surface area contributed by atoms with Crippen LogP contribution >= 0.6 is 12.4 Å². The van der Waals surface area contributed by atoms with E-state index in [0.29, 0.717) is 0 Å². The number of nitrogens with two attached hydrogens (primary N) is 1. The molecule has 0 radical (unpaired) electrons. The quantitative estimate of drug-likeness (QED) is 0.517. The summed E-state index contributed by atoms with van der Waals surface area (Å²) in [7, 11) is 0. The smallest absolute Gasteiger partial charge is 0.340 e. The Hall–Kier alpha value is -3.33. The number of aliphatic imine (C=N–C) groups is 1. The molecule has 9 nitrogen and oxygen atoms in total. The van der Waals surface area contributed by atoms with Crippen molar-refractivity contribution < 1.29 is 45.3 Å². The summed E-state index contributed by atoms with van der Waals surface area (Å²) in [5.74, 6) is -6.57. The van der Waals surface area contributed by atoms with Gasteiger partial charge in [0.1, 0.15) is 18.1 Å². The second-order valence-electron chi connectivity index (χ2n) is 7.80. The maximum atomic E-state index is 15.5. The molecule has 0 bridgehead atoms. The van der Waals surface area contributed by atoms with Gasteiger partial charge < -0.3 is 25.3 Å². The van der Waals surface area contributed by atoms with Crippen molar-refractivity contribution in [3.05, 3.63) is 47.7 Å². The Labute approximate surface area is 205 Å². The molecule has 1 fully saturated rings. The fourth-order valence-electron chi connectivity index (χ4n) is 3.55. The molecule has 1 amide bonds. The van der Waals surface area contributed by atoms with E-state index in [4.69, 9.17) is 15.2 Å². The molecule has 2 aromatic rings. The number of hydrogen-bond donors (Lipinski definition) is 2. The molecule has 0 aliphatic carbocycles. The van der Waals surface area contributed by atoms with Gasteiger partial charge in [0.05, 0.1) is 25.6 Å². The van der Waals surface area contributed by atoms with Crippen LogP contribution in [0.3, 0.4) is 0 Å². The molecule has 36 heavy (non-hydrogen) atoms. The lowest BCUT2D eigenvalue weighted by atomic mass is 9.78. The SMILES string of the molecule is Cl.NC1=NC2(c3cc(NC(=O)c4cnc(OCC(F)(F)C(F)F)cn4)ccc3F)COCC2(F)CO1. The molecule has 2 aliphatic rings. The molecule has 16 heteroatoms. The van der Waals surface area contributed by atoms with Crippen LogP contribution in [0.2, 0.25) is 0 Å². The molecule has 2 aliphatic heterocycles. The van der Waals surface area contributed by atoms with Gasteiger partial charge in [0, 0.05) is 11.3 Å². The lowest BCUT2D eigenvalue weighted by Crippen LogP contribution is -2.55. The third kappa shape index (κ3) is 4.97. The summed E-state index contributed by atoms with van der Waals surface area (Å²) in [6.45, 7) is -2.87. The van der Waals surface area contributed by atoms with Crippen molar-refractivity contribution in [1.82, 2.24) is 9.97 Å². The molecule has 1 saturated heterocycles. The monoisotopic (exact) mass is 541 g/mol. The first-order valence-corrected chi connectivity index (χ1v) is 9.93. The second-order valence-corrected chi connectivity index (χ2v) is 7.80. The van der Waals surface area contributed by atoms with Crippen LogP contribution in [-0.4, -0.2) is 66.3 Å². The molecule has 3 heterocycles. The normalized spacial score (nSPS) is 23.2. The molecule has 0 saturated carbocycles. The molecule has 196 valence electrons. The van der Waals surface area contributed by atoms with E-state index in [-0.39, 0.29) is 42.0 Å². The van der Waals surface area contributed by atoms with Crippen molar-refractivity contribution >= 4 is 30.0 Å². The number of ether oxygens (including phenoxy) is 3. The number of halogens is 7. The summed E-state index contributed by atoms with van der Waals surface area (Å²) in [6, 6.07) is 3.01. The van der Waals surface area contributed by atoms with E-state index < -0.39 is 61.0 Å². The number of amidine groups is 1. The Balaban J connectivity index is 0.00000361. The molecule has 4 rings (SSSR count). The zero-order chi connectivity index (χ0) is 25.4. The third-order valence-corrected chi connectivity index (χ3v) is 5.40. The highest BCUT2D eigenvalue weighted by atomic mass is 35.5. The summed E-state index contributed by atoms with van der Waals surface area (Å²) < 4.78 is 95.2. The summed E-state index contributed by atoms with van der Waals surface area (Å²) >= 11 is 0. The number of amides is 1. The summed E-state index contributed by atoms with van der Waals surface area (Å²) in [4.78, 5) is 23.8. The van der Waals surface area contributed by atoms with Gasteiger partial charge in [-0.25, -0.2) is 32.5 Å². The standard InChI is InChI=1S/C20H17F6N5O4.ClH/c21-12-2-1-10(3-11(12)19-8-33-6-18(19,24)7-35-17(27)31-19)30-15(32)13-4-29-14(5-28-13)34-9-20(25,26)16(22)23;/h1-5,16H,6-9H2,(H2,27,31)(H,30,32);1H. The molecule has 1 aromatic heterocycles. The first kappa shape index (κ1) is 27.3. The van der Waals surface area contributed by atoms with Crippen molar-refractivity contribution in [2.45, 2.75) is 23.6 Å². The van der Waals surface area contributed by atoms with Crippen LogP contribution in [0.25, 0.3) is 0 Å². The van der Waals surface area contributed by atoms with Crippen LogP contribution in [0.1, 0.15) is 16.1 Å². The molecule has 2 atom stereocenters. The number of anilines is 1. The number of hydrogen-bond acceptors (Lipinski definition) is 8. The third-order valence-electron chi connectivity index (χ3n) is 5.40. The number of fused-ring (bicyclic) bond motifs is 1. The van der Waals surface area contributed by atoms with E-state index in [2.05, 4.69) is 25.0 Å². The van der Waals surface area contributed by atoms with Crippen LogP contribution in [0.15, 0.2) is 35.6 Å².